The molecule has 7 nitrogen and oxygen atoms in total. The van der Waals surface area contributed by atoms with Gasteiger partial charge in [0.2, 0.25) is 0 Å². The number of benzene rings is 1. The number of alkyl halides is 1. The lowest BCUT2D eigenvalue weighted by Gasteiger charge is -2.28. The number of amides is 1. The fourth-order valence-electron chi connectivity index (χ4n) is 3.14. The van der Waals surface area contributed by atoms with Crippen LogP contribution < -0.4 is 10.8 Å². The Morgan fingerprint density at radius 3 is 2.85 bits per heavy atom. The maximum Gasteiger partial charge on any atom is 0.492 e. The molecule has 26 heavy (non-hydrogen) atoms. The molecular formula is C17H21BFNO6. The third-order valence-electron chi connectivity index (χ3n) is 4.77. The van der Waals surface area contributed by atoms with E-state index < -0.39 is 24.7 Å². The van der Waals surface area contributed by atoms with E-state index in [4.69, 9.17) is 14.1 Å². The van der Waals surface area contributed by atoms with Gasteiger partial charge >= 0.3 is 13.1 Å². The number of esters is 1. The fraction of sp³-hybridized carbons (Fsp3) is 0.529. The predicted molar refractivity (Wildman–Crippen MR) is 90.8 cm³/mol. The molecule has 2 N–H and O–H groups in total. The Bertz CT molecular complexity index is 707. The van der Waals surface area contributed by atoms with Crippen LogP contribution in [-0.4, -0.2) is 56.1 Å². The molecule has 1 aromatic rings. The minimum atomic E-state index is -1.56. The molecule has 0 bridgehead atoms. The van der Waals surface area contributed by atoms with Gasteiger partial charge in [0.15, 0.2) is 0 Å². The van der Waals surface area contributed by atoms with Crippen molar-refractivity contribution in [3.63, 3.8) is 0 Å². The maximum atomic E-state index is 14.3. The largest absolute Gasteiger partial charge is 0.492 e. The van der Waals surface area contributed by atoms with Crippen molar-refractivity contribution in [2.75, 3.05) is 26.4 Å². The first-order valence-electron chi connectivity index (χ1n) is 8.52. The van der Waals surface area contributed by atoms with Crippen LogP contribution in [0.4, 0.5) is 4.39 Å². The average Bonchev–Trinajstić information content (AvgIpc) is 3.01. The van der Waals surface area contributed by atoms with Gasteiger partial charge < -0.3 is 24.5 Å². The standard InChI is InChI=1S/C17H21BFNO6/c1-11-13(3-2-12-9-26-18(23)15(11)12)16(22)20-8-14(21)25-10-17(19)4-6-24-7-5-17/h2-3,23H,4-10H2,1H3,(H,20,22). The Balaban J connectivity index is 1.53. The molecule has 140 valence electrons. The fourth-order valence-corrected chi connectivity index (χ4v) is 3.14. The highest BCUT2D eigenvalue weighted by molar-refractivity contribution is 6.62. The van der Waals surface area contributed by atoms with Gasteiger partial charge in [-0.25, -0.2) is 4.39 Å². The summed E-state index contributed by atoms with van der Waals surface area (Å²) in [5.74, 6) is -1.17. The van der Waals surface area contributed by atoms with Crippen LogP contribution in [0.5, 0.6) is 0 Å². The molecule has 0 unspecified atom stereocenters. The number of carbonyl (C=O) groups is 2. The van der Waals surface area contributed by atoms with Crippen molar-refractivity contribution in [2.24, 2.45) is 0 Å². The SMILES string of the molecule is Cc1c(C(=O)NCC(=O)OCC2(F)CCOCC2)ccc2c1B(O)OC2. The van der Waals surface area contributed by atoms with Gasteiger partial charge in [-0.1, -0.05) is 6.07 Å². The zero-order chi connectivity index (χ0) is 18.7. The molecule has 1 aromatic carbocycles. The number of carbonyl (C=O) groups excluding carboxylic acids is 2. The van der Waals surface area contributed by atoms with E-state index in [9.17, 15) is 19.0 Å². The molecule has 1 saturated heterocycles. The van der Waals surface area contributed by atoms with Gasteiger partial charge in [0.25, 0.3) is 5.91 Å². The lowest BCUT2D eigenvalue weighted by Crippen LogP contribution is -2.39. The predicted octanol–water partition coefficient (Wildman–Crippen LogP) is 0.00442. The van der Waals surface area contributed by atoms with E-state index >= 15 is 0 Å². The molecular weight excluding hydrogens is 344 g/mol. The van der Waals surface area contributed by atoms with E-state index in [0.29, 0.717) is 36.4 Å². The van der Waals surface area contributed by atoms with Gasteiger partial charge in [0.1, 0.15) is 18.8 Å². The van der Waals surface area contributed by atoms with E-state index in [-0.39, 0.29) is 26.0 Å². The molecule has 0 atom stereocenters. The van der Waals surface area contributed by atoms with Crippen molar-refractivity contribution >= 4 is 24.5 Å². The van der Waals surface area contributed by atoms with Gasteiger partial charge in [-0.2, -0.15) is 0 Å². The van der Waals surface area contributed by atoms with Crippen LogP contribution in [0.3, 0.4) is 0 Å². The summed E-state index contributed by atoms with van der Waals surface area (Å²) >= 11 is 0. The van der Waals surface area contributed by atoms with Crippen LogP contribution in [0.1, 0.15) is 34.3 Å². The van der Waals surface area contributed by atoms with Crippen LogP contribution >= 0.6 is 0 Å². The lowest BCUT2D eigenvalue weighted by atomic mass is 9.75. The van der Waals surface area contributed by atoms with Gasteiger partial charge in [-0.3, -0.25) is 9.59 Å². The number of rotatable bonds is 5. The van der Waals surface area contributed by atoms with Crippen LogP contribution in [0.25, 0.3) is 0 Å². The van der Waals surface area contributed by atoms with E-state index in [1.54, 1.807) is 19.1 Å². The summed E-state index contributed by atoms with van der Waals surface area (Å²) in [5, 5.41) is 12.3. The van der Waals surface area contributed by atoms with Gasteiger partial charge in [-0.05, 0) is 29.6 Å². The van der Waals surface area contributed by atoms with E-state index in [1.165, 1.54) is 0 Å². The van der Waals surface area contributed by atoms with Gasteiger partial charge in [-0.15, -0.1) is 0 Å². The molecule has 2 aliphatic rings. The second-order valence-electron chi connectivity index (χ2n) is 6.58. The number of nitrogens with one attached hydrogen (secondary N) is 1. The van der Waals surface area contributed by atoms with Crippen LogP contribution in [0.2, 0.25) is 0 Å². The van der Waals surface area contributed by atoms with Crippen molar-refractivity contribution in [3.8, 4) is 0 Å². The molecule has 0 aliphatic carbocycles. The first-order valence-corrected chi connectivity index (χ1v) is 8.52. The van der Waals surface area contributed by atoms with E-state index in [1.807, 2.05) is 0 Å². The summed E-state index contributed by atoms with van der Waals surface area (Å²) in [6, 6.07) is 3.33. The summed E-state index contributed by atoms with van der Waals surface area (Å²) < 4.78 is 29.5. The minimum absolute atomic E-state index is 0.186. The third kappa shape index (κ3) is 4.05. The molecule has 1 amide bonds. The molecule has 0 saturated carbocycles. The first kappa shape index (κ1) is 18.8. The Kier molecular flexibility index (Phi) is 5.59. The van der Waals surface area contributed by atoms with E-state index in [0.717, 1.165) is 5.56 Å². The lowest BCUT2D eigenvalue weighted by molar-refractivity contribution is -0.149. The van der Waals surface area contributed by atoms with Crippen LogP contribution in [0, 0.1) is 6.92 Å². The highest BCUT2D eigenvalue weighted by Crippen LogP contribution is 2.25. The number of halogens is 1. The summed E-state index contributed by atoms with van der Waals surface area (Å²) in [6.45, 7) is 1.91. The second kappa shape index (κ2) is 7.73. The van der Waals surface area contributed by atoms with Crippen LogP contribution in [-0.2, 0) is 25.5 Å². The van der Waals surface area contributed by atoms with Crippen molar-refractivity contribution in [1.82, 2.24) is 5.32 Å². The quantitative estimate of drug-likeness (QED) is 0.564. The molecule has 0 aromatic heterocycles. The molecule has 2 heterocycles. The summed E-state index contributed by atoms with van der Waals surface area (Å²) in [4.78, 5) is 24.1. The molecule has 0 spiro atoms. The monoisotopic (exact) mass is 365 g/mol. The van der Waals surface area contributed by atoms with Gasteiger partial charge in [0.05, 0.1) is 6.61 Å². The van der Waals surface area contributed by atoms with Crippen molar-refractivity contribution in [2.45, 2.75) is 32.0 Å². The Labute approximate surface area is 151 Å². The number of hydrogen-bond donors (Lipinski definition) is 2. The van der Waals surface area contributed by atoms with Crippen molar-refractivity contribution in [3.05, 3.63) is 28.8 Å². The number of ether oxygens (including phenoxy) is 2. The Morgan fingerprint density at radius 2 is 2.12 bits per heavy atom. The molecule has 3 rings (SSSR count). The van der Waals surface area contributed by atoms with E-state index in [2.05, 4.69) is 5.32 Å². The zero-order valence-corrected chi connectivity index (χ0v) is 14.5. The summed E-state index contributed by atoms with van der Waals surface area (Å²) in [7, 11) is -1.05. The second-order valence-corrected chi connectivity index (χ2v) is 6.58. The molecule has 9 heteroatoms. The number of hydrogen-bond acceptors (Lipinski definition) is 6. The highest BCUT2D eigenvalue weighted by atomic mass is 19.1. The smallest absolute Gasteiger partial charge is 0.461 e. The highest BCUT2D eigenvalue weighted by Gasteiger charge is 2.34. The number of fused-ring (bicyclic) bond motifs is 1. The minimum Gasteiger partial charge on any atom is -0.461 e. The maximum absolute atomic E-state index is 14.3. The first-order chi connectivity index (χ1) is 12.4. The normalized spacial score (nSPS) is 18.3. The Hall–Kier alpha value is -1.97. The average molecular weight is 365 g/mol. The topological polar surface area (TPSA) is 94.1 Å². The zero-order valence-electron chi connectivity index (χ0n) is 14.5. The summed E-state index contributed by atoms with van der Waals surface area (Å²) in [5.41, 5.74) is 0.788. The third-order valence-corrected chi connectivity index (χ3v) is 4.77. The Morgan fingerprint density at radius 1 is 1.38 bits per heavy atom. The van der Waals surface area contributed by atoms with Crippen molar-refractivity contribution < 1.29 is 33.1 Å². The van der Waals surface area contributed by atoms with Gasteiger partial charge in [0, 0.05) is 31.6 Å². The van der Waals surface area contributed by atoms with Crippen LogP contribution in [0.15, 0.2) is 12.1 Å². The molecule has 1 fully saturated rings. The van der Waals surface area contributed by atoms with Crippen molar-refractivity contribution in [1.29, 1.82) is 0 Å². The molecule has 2 aliphatic heterocycles. The molecule has 0 radical (unpaired) electrons. The summed E-state index contributed by atoms with van der Waals surface area (Å²) in [6.07, 6.45) is 0.372.